The van der Waals surface area contributed by atoms with Gasteiger partial charge >= 0.3 is 0 Å². The van der Waals surface area contributed by atoms with Crippen LogP contribution in [0.2, 0.25) is 0 Å². The van der Waals surface area contributed by atoms with Gasteiger partial charge in [0.2, 0.25) is 0 Å². The lowest BCUT2D eigenvalue weighted by atomic mass is 10.1. The smallest absolute Gasteiger partial charge is 0.290 e. The van der Waals surface area contributed by atoms with Gasteiger partial charge < -0.3 is 19.1 Å². The zero-order valence-electron chi connectivity index (χ0n) is 17.2. The van der Waals surface area contributed by atoms with Crippen LogP contribution in [-0.2, 0) is 20.8 Å². The van der Waals surface area contributed by atoms with Gasteiger partial charge in [-0.3, -0.25) is 4.79 Å². The summed E-state index contributed by atoms with van der Waals surface area (Å²) in [7, 11) is 1.65. The van der Waals surface area contributed by atoms with E-state index in [-0.39, 0.29) is 12.0 Å². The Morgan fingerprint density at radius 1 is 1.13 bits per heavy atom. The molecule has 2 aliphatic heterocycles. The van der Waals surface area contributed by atoms with Crippen molar-refractivity contribution < 1.29 is 19.0 Å². The molecule has 2 aliphatic rings. The van der Waals surface area contributed by atoms with Crippen LogP contribution >= 0.6 is 11.8 Å². The average Bonchev–Trinajstić information content (AvgIpc) is 3.32. The number of nitrogens with zero attached hydrogens (tertiary/aromatic N) is 1. The molecule has 6 heteroatoms. The topological polar surface area (TPSA) is 48.0 Å². The molecule has 5 nitrogen and oxygen atoms in total. The average molecular weight is 426 g/mol. The molecule has 1 saturated heterocycles. The fraction of sp³-hybridized carbons (Fsp3) is 0.375. The summed E-state index contributed by atoms with van der Waals surface area (Å²) in [6.45, 7) is 2.37. The van der Waals surface area contributed by atoms with Gasteiger partial charge in [0.1, 0.15) is 5.75 Å². The molecular formula is C24H27NO4S. The number of carbonyl (C=O) groups excluding carboxylic acids is 1. The largest absolute Gasteiger partial charge is 0.497 e. The van der Waals surface area contributed by atoms with Crippen LogP contribution in [0.3, 0.4) is 0 Å². The molecule has 0 bridgehead atoms. The number of amides is 1. The number of ether oxygens (including phenoxy) is 3. The van der Waals surface area contributed by atoms with Crippen LogP contribution in [0, 0.1) is 0 Å². The summed E-state index contributed by atoms with van der Waals surface area (Å²) in [5.41, 5.74) is 2.07. The molecule has 0 radical (unpaired) electrons. The third-order valence-electron chi connectivity index (χ3n) is 5.28. The quantitative estimate of drug-likeness (QED) is 0.661. The lowest BCUT2D eigenvalue weighted by Gasteiger charge is -2.29. The Labute approximate surface area is 182 Å². The van der Waals surface area contributed by atoms with Crippen LogP contribution in [0.5, 0.6) is 5.75 Å². The van der Waals surface area contributed by atoms with Gasteiger partial charge in [-0.15, -0.1) is 11.8 Å². The van der Waals surface area contributed by atoms with Gasteiger partial charge in [-0.25, -0.2) is 0 Å². The van der Waals surface area contributed by atoms with Crippen LogP contribution < -0.4 is 4.74 Å². The molecule has 158 valence electrons. The van der Waals surface area contributed by atoms with Crippen molar-refractivity contribution in [3.8, 4) is 5.75 Å². The van der Waals surface area contributed by atoms with Crippen molar-refractivity contribution in [1.29, 1.82) is 0 Å². The van der Waals surface area contributed by atoms with Gasteiger partial charge in [0.05, 0.1) is 24.7 Å². The highest BCUT2D eigenvalue weighted by molar-refractivity contribution is 8.08. The van der Waals surface area contributed by atoms with E-state index in [0.717, 1.165) is 47.0 Å². The zero-order chi connectivity index (χ0) is 20.8. The molecule has 0 spiro atoms. The van der Waals surface area contributed by atoms with E-state index in [2.05, 4.69) is 0 Å². The molecule has 0 aromatic heterocycles. The van der Waals surface area contributed by atoms with Crippen molar-refractivity contribution in [3.05, 3.63) is 71.5 Å². The van der Waals surface area contributed by atoms with E-state index in [0.29, 0.717) is 25.5 Å². The minimum Gasteiger partial charge on any atom is -0.497 e. The number of benzene rings is 2. The minimum absolute atomic E-state index is 0.0733. The monoisotopic (exact) mass is 425 g/mol. The molecule has 0 saturated carbocycles. The molecule has 1 fully saturated rings. The van der Waals surface area contributed by atoms with Gasteiger partial charge in [0.25, 0.3) is 5.91 Å². The highest BCUT2D eigenvalue weighted by atomic mass is 32.2. The first kappa shape index (κ1) is 20.8. The maximum absolute atomic E-state index is 13.6. The number of hydrogen-bond donors (Lipinski definition) is 0. The number of hydrogen-bond acceptors (Lipinski definition) is 5. The van der Waals surface area contributed by atoms with Crippen molar-refractivity contribution in [1.82, 2.24) is 4.90 Å². The Hall–Kier alpha value is -2.44. The Bertz CT molecular complexity index is 876. The third-order valence-corrected chi connectivity index (χ3v) is 6.36. The van der Waals surface area contributed by atoms with Crippen LogP contribution in [0.25, 0.3) is 4.91 Å². The van der Waals surface area contributed by atoms with E-state index in [4.69, 9.17) is 14.2 Å². The normalized spacial score (nSPS) is 18.8. The molecule has 30 heavy (non-hydrogen) atoms. The highest BCUT2D eigenvalue weighted by Gasteiger charge is 2.30. The fourth-order valence-electron chi connectivity index (χ4n) is 3.73. The van der Waals surface area contributed by atoms with E-state index in [1.165, 1.54) is 0 Å². The molecular weight excluding hydrogens is 398 g/mol. The Kier molecular flexibility index (Phi) is 6.97. The predicted octanol–water partition coefficient (Wildman–Crippen LogP) is 4.34. The summed E-state index contributed by atoms with van der Waals surface area (Å²) < 4.78 is 17.0. The van der Waals surface area contributed by atoms with Crippen molar-refractivity contribution in [3.63, 3.8) is 0 Å². The maximum atomic E-state index is 13.6. The summed E-state index contributed by atoms with van der Waals surface area (Å²) in [6, 6.07) is 17.8. The van der Waals surface area contributed by atoms with Crippen LogP contribution in [-0.4, -0.2) is 49.5 Å². The fourth-order valence-corrected chi connectivity index (χ4v) is 4.68. The van der Waals surface area contributed by atoms with Gasteiger partial charge in [-0.2, -0.15) is 0 Å². The molecule has 2 aromatic carbocycles. The highest BCUT2D eigenvalue weighted by Crippen LogP contribution is 2.35. The molecule has 1 amide bonds. The maximum Gasteiger partial charge on any atom is 0.290 e. The molecule has 0 N–H and O–H groups in total. The molecule has 0 unspecified atom stereocenters. The van der Waals surface area contributed by atoms with Gasteiger partial charge in [0, 0.05) is 25.4 Å². The van der Waals surface area contributed by atoms with Crippen LogP contribution in [0.1, 0.15) is 24.0 Å². The molecule has 4 rings (SSSR count). The first-order valence-corrected chi connectivity index (χ1v) is 11.3. The van der Waals surface area contributed by atoms with Crippen LogP contribution in [0.15, 0.2) is 60.4 Å². The van der Waals surface area contributed by atoms with Crippen molar-refractivity contribution >= 4 is 22.6 Å². The van der Waals surface area contributed by atoms with Gasteiger partial charge in [-0.1, -0.05) is 42.5 Å². The first-order valence-electron chi connectivity index (χ1n) is 10.3. The van der Waals surface area contributed by atoms with Crippen molar-refractivity contribution in [2.45, 2.75) is 25.5 Å². The first-order chi connectivity index (χ1) is 14.7. The Balaban J connectivity index is 1.62. The van der Waals surface area contributed by atoms with E-state index in [1.807, 2.05) is 59.5 Å². The lowest BCUT2D eigenvalue weighted by Crippen LogP contribution is -2.39. The van der Waals surface area contributed by atoms with Crippen LogP contribution in [0.4, 0.5) is 0 Å². The zero-order valence-corrected chi connectivity index (χ0v) is 18.0. The molecule has 1 atom stereocenters. The minimum atomic E-state index is -0.0765. The van der Waals surface area contributed by atoms with Crippen molar-refractivity contribution in [2.24, 2.45) is 0 Å². The number of carbonyl (C=O) groups is 1. The third kappa shape index (κ3) is 4.99. The summed E-state index contributed by atoms with van der Waals surface area (Å²) in [6.07, 6.45) is 2.09. The second-order valence-electron chi connectivity index (χ2n) is 7.39. The van der Waals surface area contributed by atoms with E-state index >= 15 is 0 Å². The molecule has 2 aromatic rings. The second-order valence-corrected chi connectivity index (χ2v) is 8.50. The summed E-state index contributed by atoms with van der Waals surface area (Å²) in [4.78, 5) is 16.4. The predicted molar refractivity (Wildman–Crippen MR) is 119 cm³/mol. The second kappa shape index (κ2) is 10.0. The standard InChI is InChI=1S/C24H27NO4S/c1-27-20-11-9-18(10-12-20)16-25(17-21-8-5-13-28-21)24(26)22-23(30-15-14-29-22)19-6-3-2-4-7-19/h2-4,6-7,9-12,21H,5,8,13-17H2,1H3/t21-/m1/s1. The SMILES string of the molecule is COc1ccc(CN(C[C@H]2CCCO2)C(=O)C2=C(c3ccccc3)SCCO2)cc1. The van der Waals surface area contributed by atoms with E-state index in [9.17, 15) is 4.79 Å². The van der Waals surface area contributed by atoms with E-state index < -0.39 is 0 Å². The van der Waals surface area contributed by atoms with Crippen molar-refractivity contribution in [2.75, 3.05) is 32.6 Å². The Morgan fingerprint density at radius 3 is 2.63 bits per heavy atom. The molecule has 0 aliphatic carbocycles. The Morgan fingerprint density at radius 2 is 1.93 bits per heavy atom. The summed E-state index contributed by atoms with van der Waals surface area (Å²) in [5, 5.41) is 0. The van der Waals surface area contributed by atoms with Gasteiger partial charge in [-0.05, 0) is 36.1 Å². The summed E-state index contributed by atoms with van der Waals surface area (Å²) in [5.74, 6) is 2.01. The lowest BCUT2D eigenvalue weighted by molar-refractivity contribution is -0.132. The van der Waals surface area contributed by atoms with Gasteiger partial charge in [0.15, 0.2) is 5.76 Å². The molecule has 2 heterocycles. The number of thioether (sulfide) groups is 1. The summed E-state index contributed by atoms with van der Waals surface area (Å²) >= 11 is 1.68. The number of methoxy groups -OCH3 is 1. The van der Waals surface area contributed by atoms with E-state index in [1.54, 1.807) is 18.9 Å². The number of rotatable bonds is 7.